The number of rotatable bonds is 3. The van der Waals surface area contributed by atoms with Gasteiger partial charge < -0.3 is 4.74 Å². The zero-order chi connectivity index (χ0) is 15.5. The van der Waals surface area contributed by atoms with Gasteiger partial charge in [0.15, 0.2) is 5.69 Å². The van der Waals surface area contributed by atoms with E-state index in [2.05, 4.69) is 9.97 Å². The van der Waals surface area contributed by atoms with Crippen molar-refractivity contribution in [2.75, 3.05) is 0 Å². The van der Waals surface area contributed by atoms with Crippen molar-refractivity contribution in [1.82, 2.24) is 9.97 Å². The van der Waals surface area contributed by atoms with Gasteiger partial charge in [0.1, 0.15) is 6.10 Å². The normalized spacial score (nSPS) is 12.8. The number of hydrogen-bond acceptors (Lipinski definition) is 4. The van der Waals surface area contributed by atoms with E-state index in [9.17, 15) is 18.0 Å². The van der Waals surface area contributed by atoms with E-state index in [1.54, 1.807) is 18.2 Å². The number of esters is 1. The van der Waals surface area contributed by atoms with Gasteiger partial charge in [-0.15, -0.1) is 0 Å². The molecule has 0 amide bonds. The van der Waals surface area contributed by atoms with Crippen LogP contribution in [0.2, 0.25) is 0 Å². The van der Waals surface area contributed by atoms with Crippen molar-refractivity contribution in [3.05, 3.63) is 59.7 Å². The summed E-state index contributed by atoms with van der Waals surface area (Å²) in [5, 5.41) is 0. The van der Waals surface area contributed by atoms with E-state index < -0.39 is 29.5 Å². The number of carbonyl (C=O) groups is 1. The molecule has 0 fully saturated rings. The van der Waals surface area contributed by atoms with Crippen LogP contribution >= 0.6 is 0 Å². The van der Waals surface area contributed by atoms with Crippen molar-refractivity contribution in [3.63, 3.8) is 0 Å². The molecule has 2 rings (SSSR count). The third-order valence-electron chi connectivity index (χ3n) is 2.69. The Balaban J connectivity index is 2.22. The van der Waals surface area contributed by atoms with Crippen LogP contribution in [0.5, 0.6) is 0 Å². The van der Waals surface area contributed by atoms with Crippen LogP contribution in [0.1, 0.15) is 34.8 Å². The van der Waals surface area contributed by atoms with Crippen LogP contribution in [0.15, 0.2) is 42.7 Å². The second kappa shape index (κ2) is 5.90. The minimum absolute atomic E-state index is 0.440. The van der Waals surface area contributed by atoms with Gasteiger partial charge in [-0.1, -0.05) is 6.07 Å². The molecular weight excluding hydrogens is 285 g/mol. The molecule has 2 heterocycles. The number of halogens is 3. The fourth-order valence-corrected chi connectivity index (χ4v) is 1.69. The van der Waals surface area contributed by atoms with Gasteiger partial charge in [-0.3, -0.25) is 4.98 Å². The van der Waals surface area contributed by atoms with Gasteiger partial charge in [0.25, 0.3) is 0 Å². The number of hydrogen-bond donors (Lipinski definition) is 0. The maximum absolute atomic E-state index is 12.8. The van der Waals surface area contributed by atoms with Gasteiger partial charge >= 0.3 is 12.1 Å². The SMILES string of the molecule is C[C@@H](OC(=O)c1ncccc1C(F)(F)F)c1ccccn1. The summed E-state index contributed by atoms with van der Waals surface area (Å²) >= 11 is 0. The molecule has 110 valence electrons. The second-order valence-corrected chi connectivity index (χ2v) is 4.20. The number of aromatic nitrogens is 2. The molecule has 1 atom stereocenters. The maximum atomic E-state index is 12.8. The molecule has 0 aliphatic carbocycles. The quantitative estimate of drug-likeness (QED) is 0.814. The Bertz CT molecular complexity index is 630. The monoisotopic (exact) mass is 296 g/mol. The van der Waals surface area contributed by atoms with Gasteiger partial charge in [0.05, 0.1) is 11.3 Å². The summed E-state index contributed by atoms with van der Waals surface area (Å²) < 4.78 is 43.4. The van der Waals surface area contributed by atoms with Crippen LogP contribution in [0.25, 0.3) is 0 Å². The predicted molar refractivity (Wildman–Crippen MR) is 67.3 cm³/mol. The molecule has 0 saturated carbocycles. The van der Waals surface area contributed by atoms with Gasteiger partial charge in [-0.2, -0.15) is 13.2 Å². The van der Waals surface area contributed by atoms with Crippen molar-refractivity contribution >= 4 is 5.97 Å². The topological polar surface area (TPSA) is 52.1 Å². The van der Waals surface area contributed by atoms with Crippen LogP contribution in [0, 0.1) is 0 Å². The van der Waals surface area contributed by atoms with E-state index in [1.807, 2.05) is 0 Å². The Morgan fingerprint density at radius 1 is 1.14 bits per heavy atom. The van der Waals surface area contributed by atoms with E-state index in [4.69, 9.17) is 4.74 Å². The molecule has 0 saturated heterocycles. The Kier molecular flexibility index (Phi) is 4.21. The van der Waals surface area contributed by atoms with Crippen molar-refractivity contribution < 1.29 is 22.7 Å². The fraction of sp³-hybridized carbons (Fsp3) is 0.214. The van der Waals surface area contributed by atoms with E-state index in [-0.39, 0.29) is 0 Å². The summed E-state index contributed by atoms with van der Waals surface area (Å²) in [6.45, 7) is 1.52. The predicted octanol–water partition coefficient (Wildman–Crippen LogP) is 3.41. The summed E-state index contributed by atoms with van der Waals surface area (Å²) in [6, 6.07) is 6.88. The van der Waals surface area contributed by atoms with Gasteiger partial charge in [0, 0.05) is 12.4 Å². The minimum Gasteiger partial charge on any atom is -0.451 e. The third kappa shape index (κ3) is 3.56. The number of ether oxygens (including phenoxy) is 1. The highest BCUT2D eigenvalue weighted by atomic mass is 19.4. The minimum atomic E-state index is -4.67. The molecule has 0 spiro atoms. The first-order valence-corrected chi connectivity index (χ1v) is 6.03. The Labute approximate surface area is 118 Å². The third-order valence-corrected chi connectivity index (χ3v) is 2.69. The molecule has 0 radical (unpaired) electrons. The largest absolute Gasteiger partial charge is 0.451 e. The lowest BCUT2D eigenvalue weighted by Gasteiger charge is -2.14. The molecule has 0 N–H and O–H groups in total. The number of alkyl halides is 3. The lowest BCUT2D eigenvalue weighted by molar-refractivity contribution is -0.138. The number of nitrogens with zero attached hydrogens (tertiary/aromatic N) is 2. The van der Waals surface area contributed by atoms with Crippen LogP contribution in [0.4, 0.5) is 13.2 Å². The van der Waals surface area contributed by atoms with Crippen molar-refractivity contribution in [2.45, 2.75) is 19.2 Å². The maximum Gasteiger partial charge on any atom is 0.418 e. The van der Waals surface area contributed by atoms with Gasteiger partial charge in [0.2, 0.25) is 0 Å². The van der Waals surface area contributed by atoms with Crippen LogP contribution in [-0.2, 0) is 10.9 Å². The first kappa shape index (κ1) is 15.0. The van der Waals surface area contributed by atoms with Crippen LogP contribution in [0.3, 0.4) is 0 Å². The van der Waals surface area contributed by atoms with Gasteiger partial charge in [-0.25, -0.2) is 9.78 Å². The molecule has 0 unspecified atom stereocenters. The smallest absolute Gasteiger partial charge is 0.418 e. The summed E-state index contributed by atoms with van der Waals surface area (Å²) in [5.74, 6) is -1.14. The van der Waals surface area contributed by atoms with E-state index in [0.29, 0.717) is 5.69 Å². The van der Waals surface area contributed by atoms with Crippen molar-refractivity contribution in [1.29, 1.82) is 0 Å². The zero-order valence-electron chi connectivity index (χ0n) is 11.0. The van der Waals surface area contributed by atoms with E-state index in [0.717, 1.165) is 18.3 Å². The molecular formula is C14H11F3N2O2. The highest BCUT2D eigenvalue weighted by Gasteiger charge is 2.36. The molecule has 0 aromatic carbocycles. The molecule has 0 aliphatic rings. The summed E-state index contributed by atoms with van der Waals surface area (Å²) in [7, 11) is 0. The first-order valence-electron chi connectivity index (χ1n) is 6.03. The van der Waals surface area contributed by atoms with Crippen molar-refractivity contribution in [3.8, 4) is 0 Å². The lowest BCUT2D eigenvalue weighted by Crippen LogP contribution is -2.18. The molecule has 4 nitrogen and oxygen atoms in total. The van der Waals surface area contributed by atoms with Crippen LogP contribution < -0.4 is 0 Å². The highest BCUT2D eigenvalue weighted by Crippen LogP contribution is 2.31. The Hall–Kier alpha value is -2.44. The van der Waals surface area contributed by atoms with Crippen LogP contribution in [-0.4, -0.2) is 15.9 Å². The summed E-state index contributed by atoms with van der Waals surface area (Å²) in [5.41, 5.74) is -1.44. The average molecular weight is 296 g/mol. The molecule has 2 aromatic rings. The zero-order valence-corrected chi connectivity index (χ0v) is 11.0. The standard InChI is InChI=1S/C14H11F3N2O2/c1-9(11-6-2-3-7-18-11)21-13(20)12-10(14(15,16)17)5-4-8-19-12/h2-9H,1H3/t9-/m1/s1. The lowest BCUT2D eigenvalue weighted by atomic mass is 10.2. The first-order chi connectivity index (χ1) is 9.89. The van der Waals surface area contributed by atoms with E-state index in [1.165, 1.54) is 13.1 Å². The summed E-state index contributed by atoms with van der Waals surface area (Å²) in [6.07, 6.45) is -2.84. The number of carbonyl (C=O) groups excluding carboxylic acids is 1. The van der Waals surface area contributed by atoms with Gasteiger partial charge in [-0.05, 0) is 31.2 Å². The molecule has 7 heteroatoms. The van der Waals surface area contributed by atoms with E-state index >= 15 is 0 Å². The molecule has 0 aliphatic heterocycles. The molecule has 0 bridgehead atoms. The molecule has 21 heavy (non-hydrogen) atoms. The highest BCUT2D eigenvalue weighted by molar-refractivity contribution is 5.89. The molecule has 2 aromatic heterocycles. The van der Waals surface area contributed by atoms with Crippen molar-refractivity contribution in [2.24, 2.45) is 0 Å². The number of pyridine rings is 2. The average Bonchev–Trinajstić information content (AvgIpc) is 2.47. The second-order valence-electron chi connectivity index (χ2n) is 4.20. The Morgan fingerprint density at radius 2 is 1.86 bits per heavy atom. The Morgan fingerprint density at radius 3 is 2.48 bits per heavy atom. The fourth-order valence-electron chi connectivity index (χ4n) is 1.69. The summed E-state index contributed by atoms with van der Waals surface area (Å²) in [4.78, 5) is 19.3.